The zero-order chi connectivity index (χ0) is 17.6. The molecule has 2 fully saturated rings. The van der Waals surface area contributed by atoms with E-state index in [2.05, 4.69) is 5.32 Å². The minimum atomic E-state index is -4.41. The molecule has 0 bridgehead atoms. The van der Waals surface area contributed by atoms with Crippen LogP contribution in [0.2, 0.25) is 0 Å². The van der Waals surface area contributed by atoms with E-state index >= 15 is 0 Å². The van der Waals surface area contributed by atoms with Gasteiger partial charge >= 0.3 is 12.1 Å². The van der Waals surface area contributed by atoms with Crippen LogP contribution in [0.4, 0.5) is 13.2 Å². The van der Waals surface area contributed by atoms with Crippen molar-refractivity contribution in [3.8, 4) is 0 Å². The van der Waals surface area contributed by atoms with Crippen LogP contribution in [0.1, 0.15) is 43.2 Å². The molecule has 1 aromatic carbocycles. The number of rotatable bonds is 5. The van der Waals surface area contributed by atoms with Gasteiger partial charge in [0, 0.05) is 12.0 Å². The van der Waals surface area contributed by atoms with E-state index in [9.17, 15) is 22.8 Å². The SMILES string of the molecule is O=C(O)C1(C(=O)NCC2(c3cccc(C(F)(F)F)c3)CCC2)CC1. The highest BCUT2D eigenvalue weighted by molar-refractivity contribution is 6.04. The Labute approximate surface area is 137 Å². The first kappa shape index (κ1) is 16.8. The monoisotopic (exact) mass is 341 g/mol. The summed E-state index contributed by atoms with van der Waals surface area (Å²) < 4.78 is 38.7. The third-order valence-electron chi connectivity index (χ3n) is 5.29. The fourth-order valence-electron chi connectivity index (χ4n) is 3.28. The number of carboxylic acid groups (broad SMARTS) is 1. The normalized spacial score (nSPS) is 20.8. The van der Waals surface area contributed by atoms with Crippen LogP contribution >= 0.6 is 0 Å². The highest BCUT2D eigenvalue weighted by Crippen LogP contribution is 2.48. The predicted octanol–water partition coefficient (Wildman–Crippen LogP) is 3.11. The summed E-state index contributed by atoms with van der Waals surface area (Å²) >= 11 is 0. The molecule has 130 valence electrons. The minimum Gasteiger partial charge on any atom is -0.480 e. The van der Waals surface area contributed by atoms with Crippen molar-refractivity contribution in [2.75, 3.05) is 6.54 Å². The van der Waals surface area contributed by atoms with Crippen molar-refractivity contribution in [3.05, 3.63) is 35.4 Å². The third kappa shape index (κ3) is 2.76. The van der Waals surface area contributed by atoms with Gasteiger partial charge in [0.25, 0.3) is 0 Å². The number of carboxylic acids is 1. The Bertz CT molecular complexity index is 676. The molecule has 1 aromatic rings. The minimum absolute atomic E-state index is 0.169. The van der Waals surface area contributed by atoms with E-state index in [0.29, 0.717) is 31.2 Å². The van der Waals surface area contributed by atoms with Gasteiger partial charge < -0.3 is 10.4 Å². The van der Waals surface area contributed by atoms with Gasteiger partial charge in [-0.25, -0.2) is 0 Å². The van der Waals surface area contributed by atoms with Crippen molar-refractivity contribution < 1.29 is 27.9 Å². The lowest BCUT2D eigenvalue weighted by atomic mass is 9.64. The number of hydrogen-bond acceptors (Lipinski definition) is 2. The first-order valence-electron chi connectivity index (χ1n) is 7.89. The summed E-state index contributed by atoms with van der Waals surface area (Å²) in [4.78, 5) is 23.3. The molecule has 2 aliphatic rings. The number of hydrogen-bond donors (Lipinski definition) is 2. The molecule has 2 saturated carbocycles. The molecule has 0 aliphatic heterocycles. The highest BCUT2D eigenvalue weighted by atomic mass is 19.4. The highest BCUT2D eigenvalue weighted by Gasteiger charge is 2.57. The van der Waals surface area contributed by atoms with Gasteiger partial charge in [-0.3, -0.25) is 9.59 Å². The van der Waals surface area contributed by atoms with Gasteiger partial charge in [-0.1, -0.05) is 24.6 Å². The predicted molar refractivity (Wildman–Crippen MR) is 79.3 cm³/mol. The number of carbonyl (C=O) groups excluding carboxylic acids is 1. The number of carbonyl (C=O) groups is 2. The number of amides is 1. The molecule has 0 unspecified atom stereocenters. The van der Waals surface area contributed by atoms with Gasteiger partial charge in [0.05, 0.1) is 5.56 Å². The molecule has 24 heavy (non-hydrogen) atoms. The number of halogens is 3. The second-order valence-corrected chi connectivity index (χ2v) is 6.78. The summed E-state index contributed by atoms with van der Waals surface area (Å²) in [6, 6.07) is 5.18. The van der Waals surface area contributed by atoms with Gasteiger partial charge in [0.15, 0.2) is 0 Å². The second-order valence-electron chi connectivity index (χ2n) is 6.78. The average molecular weight is 341 g/mol. The van der Waals surface area contributed by atoms with E-state index < -0.39 is 34.4 Å². The van der Waals surface area contributed by atoms with E-state index in [4.69, 9.17) is 5.11 Å². The summed E-state index contributed by atoms with van der Waals surface area (Å²) in [5.74, 6) is -1.67. The van der Waals surface area contributed by atoms with E-state index in [0.717, 1.165) is 18.6 Å². The van der Waals surface area contributed by atoms with Crippen molar-refractivity contribution in [1.82, 2.24) is 5.32 Å². The lowest BCUT2D eigenvalue weighted by molar-refractivity contribution is -0.149. The zero-order valence-electron chi connectivity index (χ0n) is 12.9. The van der Waals surface area contributed by atoms with Crippen LogP contribution in [0.25, 0.3) is 0 Å². The Morgan fingerprint density at radius 2 is 1.83 bits per heavy atom. The van der Waals surface area contributed by atoms with Crippen molar-refractivity contribution in [1.29, 1.82) is 0 Å². The van der Waals surface area contributed by atoms with E-state index in [1.54, 1.807) is 6.07 Å². The van der Waals surface area contributed by atoms with E-state index in [1.165, 1.54) is 6.07 Å². The fraction of sp³-hybridized carbons (Fsp3) is 0.529. The van der Waals surface area contributed by atoms with Crippen molar-refractivity contribution >= 4 is 11.9 Å². The molecule has 1 amide bonds. The van der Waals surface area contributed by atoms with Crippen LogP contribution in [0.5, 0.6) is 0 Å². The molecule has 0 spiro atoms. The molecule has 7 heteroatoms. The van der Waals surface area contributed by atoms with Gasteiger partial charge in [-0.15, -0.1) is 0 Å². The quantitative estimate of drug-likeness (QED) is 0.809. The lowest BCUT2D eigenvalue weighted by Gasteiger charge is -2.43. The summed E-state index contributed by atoms with van der Waals surface area (Å²) in [5.41, 5.74) is -2.03. The largest absolute Gasteiger partial charge is 0.480 e. The van der Waals surface area contributed by atoms with Crippen LogP contribution in [-0.2, 0) is 21.2 Å². The van der Waals surface area contributed by atoms with Gasteiger partial charge in [-0.05, 0) is 37.3 Å². The Morgan fingerprint density at radius 3 is 2.29 bits per heavy atom. The number of alkyl halides is 3. The number of nitrogens with one attached hydrogen (secondary N) is 1. The van der Waals surface area contributed by atoms with Crippen molar-refractivity contribution in [3.63, 3.8) is 0 Å². The Balaban J connectivity index is 1.76. The molecule has 0 aromatic heterocycles. The molecular weight excluding hydrogens is 323 g/mol. The molecule has 0 atom stereocenters. The maximum atomic E-state index is 12.9. The van der Waals surface area contributed by atoms with Crippen LogP contribution < -0.4 is 5.32 Å². The summed E-state index contributed by atoms with van der Waals surface area (Å²) in [7, 11) is 0. The van der Waals surface area contributed by atoms with Crippen LogP contribution in [0, 0.1) is 5.41 Å². The molecule has 0 heterocycles. The fourth-order valence-corrected chi connectivity index (χ4v) is 3.28. The molecule has 2 aliphatic carbocycles. The maximum Gasteiger partial charge on any atom is 0.416 e. The first-order valence-corrected chi connectivity index (χ1v) is 7.89. The standard InChI is InChI=1S/C17H18F3NO3/c18-17(19,20)12-4-1-3-11(9-12)15(5-2-6-15)10-21-13(22)16(7-8-16)14(23)24/h1,3-4,9H,2,5-8,10H2,(H,21,22)(H,23,24). The molecule has 0 saturated heterocycles. The number of aliphatic carboxylic acids is 1. The Hall–Kier alpha value is -2.05. The van der Waals surface area contributed by atoms with E-state index in [1.807, 2.05) is 0 Å². The smallest absolute Gasteiger partial charge is 0.416 e. The van der Waals surface area contributed by atoms with Gasteiger partial charge in [0.1, 0.15) is 5.41 Å². The van der Waals surface area contributed by atoms with Gasteiger partial charge in [0.2, 0.25) is 5.91 Å². The van der Waals surface area contributed by atoms with Crippen molar-refractivity contribution in [2.24, 2.45) is 5.41 Å². The van der Waals surface area contributed by atoms with Crippen LogP contribution in [0.3, 0.4) is 0 Å². The Morgan fingerprint density at radius 1 is 1.17 bits per heavy atom. The summed E-state index contributed by atoms with van der Waals surface area (Å²) in [6.07, 6.45) is -1.57. The lowest BCUT2D eigenvalue weighted by Crippen LogP contribution is -2.48. The van der Waals surface area contributed by atoms with Crippen LogP contribution in [0.15, 0.2) is 24.3 Å². The first-order chi connectivity index (χ1) is 11.2. The van der Waals surface area contributed by atoms with Crippen molar-refractivity contribution in [2.45, 2.75) is 43.7 Å². The molecule has 0 radical (unpaired) electrons. The third-order valence-corrected chi connectivity index (χ3v) is 5.29. The topological polar surface area (TPSA) is 66.4 Å². The molecule has 4 nitrogen and oxygen atoms in total. The number of benzene rings is 1. The maximum absolute atomic E-state index is 12.9. The molecule has 2 N–H and O–H groups in total. The summed E-state index contributed by atoms with van der Waals surface area (Å²) in [6.45, 7) is 0.169. The molecule has 3 rings (SSSR count). The van der Waals surface area contributed by atoms with Gasteiger partial charge in [-0.2, -0.15) is 13.2 Å². The zero-order valence-corrected chi connectivity index (χ0v) is 12.9. The summed E-state index contributed by atoms with van der Waals surface area (Å²) in [5, 5.41) is 11.8. The van der Waals surface area contributed by atoms with E-state index in [-0.39, 0.29) is 6.54 Å². The Kier molecular flexibility index (Phi) is 3.85. The molecular formula is C17H18F3NO3. The average Bonchev–Trinajstić information content (AvgIpc) is 3.27. The second kappa shape index (κ2) is 5.50. The van der Waals surface area contributed by atoms with Crippen LogP contribution in [-0.4, -0.2) is 23.5 Å².